The minimum Gasteiger partial charge on any atom is -0.501 e. The Morgan fingerprint density at radius 2 is 2.29 bits per heavy atom. The zero-order valence-corrected chi connectivity index (χ0v) is 12.8. The number of ketones is 1. The van der Waals surface area contributed by atoms with Crippen molar-refractivity contribution in [2.75, 3.05) is 7.11 Å². The van der Waals surface area contributed by atoms with Crippen LogP contribution in [0.1, 0.15) is 32.6 Å². The number of carbonyl (C=O) groups is 1. The summed E-state index contributed by atoms with van der Waals surface area (Å²) in [5.41, 5.74) is 1.58. The largest absolute Gasteiger partial charge is 0.501 e. The SMILES string of the molecule is COC1=CC(=N)C(C(=O)CC(C)C2=CC=CCC=C2)CC1. The van der Waals surface area contributed by atoms with Gasteiger partial charge >= 0.3 is 0 Å². The maximum Gasteiger partial charge on any atom is 0.142 e. The van der Waals surface area contributed by atoms with E-state index in [-0.39, 0.29) is 17.6 Å². The summed E-state index contributed by atoms with van der Waals surface area (Å²) in [5, 5.41) is 8.02. The first-order chi connectivity index (χ1) is 10.1. The maximum atomic E-state index is 12.5. The fourth-order valence-corrected chi connectivity index (χ4v) is 2.77. The highest BCUT2D eigenvalue weighted by atomic mass is 16.5. The van der Waals surface area contributed by atoms with Gasteiger partial charge in [-0.05, 0) is 30.4 Å². The number of Topliss-reactive ketones (excluding diaryl/α,β-unsaturated/α-hetero) is 1. The van der Waals surface area contributed by atoms with Gasteiger partial charge in [0.25, 0.3) is 0 Å². The molecular weight excluding hydrogens is 262 g/mol. The Balaban J connectivity index is 1.98. The van der Waals surface area contributed by atoms with Gasteiger partial charge in [-0.1, -0.05) is 37.3 Å². The van der Waals surface area contributed by atoms with Gasteiger partial charge in [-0.25, -0.2) is 0 Å². The summed E-state index contributed by atoms with van der Waals surface area (Å²) in [6.45, 7) is 2.08. The Morgan fingerprint density at radius 3 is 3.00 bits per heavy atom. The quantitative estimate of drug-likeness (QED) is 0.830. The molecule has 0 saturated carbocycles. The molecule has 21 heavy (non-hydrogen) atoms. The lowest BCUT2D eigenvalue weighted by Crippen LogP contribution is -2.27. The Labute approximate surface area is 126 Å². The average molecular weight is 285 g/mol. The molecule has 0 aromatic carbocycles. The molecule has 0 saturated heterocycles. The molecule has 0 fully saturated rings. The van der Waals surface area contributed by atoms with Crippen LogP contribution in [0, 0.1) is 17.2 Å². The topological polar surface area (TPSA) is 50.1 Å². The highest BCUT2D eigenvalue weighted by Gasteiger charge is 2.27. The van der Waals surface area contributed by atoms with Gasteiger partial charge in [-0.15, -0.1) is 0 Å². The van der Waals surface area contributed by atoms with Crippen LogP contribution in [0.3, 0.4) is 0 Å². The third-order valence-corrected chi connectivity index (χ3v) is 4.11. The van der Waals surface area contributed by atoms with E-state index >= 15 is 0 Å². The Bertz CT molecular complexity index is 537. The predicted octanol–water partition coefficient (Wildman–Crippen LogP) is 3.98. The Hall–Kier alpha value is -1.90. The number of methoxy groups -OCH3 is 1. The molecule has 3 heteroatoms. The van der Waals surface area contributed by atoms with Gasteiger partial charge in [0, 0.05) is 18.6 Å². The second-order valence-electron chi connectivity index (χ2n) is 5.67. The fraction of sp³-hybridized carbons (Fsp3) is 0.444. The molecule has 3 nitrogen and oxygen atoms in total. The molecule has 2 rings (SSSR count). The number of hydrogen-bond donors (Lipinski definition) is 1. The summed E-state index contributed by atoms with van der Waals surface area (Å²) < 4.78 is 5.16. The smallest absolute Gasteiger partial charge is 0.142 e. The fourth-order valence-electron chi connectivity index (χ4n) is 2.77. The van der Waals surface area contributed by atoms with Crippen LogP contribution in [0.25, 0.3) is 0 Å². The van der Waals surface area contributed by atoms with E-state index in [0.717, 1.165) is 18.6 Å². The number of nitrogens with one attached hydrogen (secondary N) is 1. The first-order valence-corrected chi connectivity index (χ1v) is 7.50. The van der Waals surface area contributed by atoms with Gasteiger partial charge in [0.05, 0.1) is 18.8 Å². The molecule has 2 aliphatic rings. The third-order valence-electron chi connectivity index (χ3n) is 4.11. The van der Waals surface area contributed by atoms with E-state index in [0.29, 0.717) is 18.6 Å². The number of allylic oxidation sites excluding steroid dienone is 8. The summed E-state index contributed by atoms with van der Waals surface area (Å²) in [5.74, 6) is 0.896. The molecule has 2 aliphatic carbocycles. The summed E-state index contributed by atoms with van der Waals surface area (Å²) in [4.78, 5) is 12.5. The van der Waals surface area contributed by atoms with Crippen LogP contribution in [0.15, 0.2) is 47.8 Å². The number of carbonyl (C=O) groups excluding carboxylic acids is 1. The highest BCUT2D eigenvalue weighted by molar-refractivity contribution is 6.09. The molecule has 0 aromatic rings. The molecule has 0 bridgehead atoms. The summed E-state index contributed by atoms with van der Waals surface area (Å²) >= 11 is 0. The van der Waals surface area contributed by atoms with E-state index in [9.17, 15) is 4.79 Å². The molecule has 112 valence electrons. The van der Waals surface area contributed by atoms with Crippen LogP contribution in [0.4, 0.5) is 0 Å². The lowest BCUT2D eigenvalue weighted by molar-refractivity contribution is -0.121. The zero-order valence-electron chi connectivity index (χ0n) is 12.8. The van der Waals surface area contributed by atoms with Crippen molar-refractivity contribution in [2.45, 2.75) is 32.6 Å². The van der Waals surface area contributed by atoms with Crippen LogP contribution in [0.5, 0.6) is 0 Å². The van der Waals surface area contributed by atoms with E-state index in [1.165, 1.54) is 5.57 Å². The van der Waals surface area contributed by atoms with Gasteiger partial charge in [0.1, 0.15) is 5.78 Å². The van der Waals surface area contributed by atoms with Gasteiger partial charge in [0.2, 0.25) is 0 Å². The van der Waals surface area contributed by atoms with Gasteiger partial charge in [-0.3, -0.25) is 4.79 Å². The second kappa shape index (κ2) is 7.21. The molecule has 0 amide bonds. The van der Waals surface area contributed by atoms with Gasteiger partial charge < -0.3 is 10.1 Å². The predicted molar refractivity (Wildman–Crippen MR) is 85.3 cm³/mol. The average Bonchev–Trinajstić information content (AvgIpc) is 2.75. The number of rotatable bonds is 5. The van der Waals surface area contributed by atoms with Crippen LogP contribution < -0.4 is 0 Å². The Morgan fingerprint density at radius 1 is 1.48 bits per heavy atom. The molecule has 2 unspecified atom stereocenters. The van der Waals surface area contributed by atoms with E-state index in [1.54, 1.807) is 13.2 Å². The molecule has 0 spiro atoms. The van der Waals surface area contributed by atoms with E-state index < -0.39 is 0 Å². The van der Waals surface area contributed by atoms with E-state index in [2.05, 4.69) is 31.2 Å². The molecule has 1 N–H and O–H groups in total. The van der Waals surface area contributed by atoms with Crippen molar-refractivity contribution in [3.8, 4) is 0 Å². The van der Waals surface area contributed by atoms with E-state index in [4.69, 9.17) is 10.1 Å². The molecule has 0 aliphatic heterocycles. The molecule has 0 aromatic heterocycles. The van der Waals surface area contributed by atoms with Crippen molar-refractivity contribution in [1.29, 1.82) is 5.41 Å². The molecule has 0 heterocycles. The van der Waals surface area contributed by atoms with Crippen molar-refractivity contribution >= 4 is 11.5 Å². The molecule has 0 radical (unpaired) electrons. The van der Waals surface area contributed by atoms with Crippen LogP contribution >= 0.6 is 0 Å². The highest BCUT2D eigenvalue weighted by Crippen LogP contribution is 2.26. The normalized spacial score (nSPS) is 23.1. The van der Waals surface area contributed by atoms with Crippen molar-refractivity contribution < 1.29 is 9.53 Å². The van der Waals surface area contributed by atoms with Crippen LogP contribution in [0.2, 0.25) is 0 Å². The third kappa shape index (κ3) is 4.03. The summed E-state index contributed by atoms with van der Waals surface area (Å²) in [7, 11) is 1.61. The molecular formula is C18H23NO2. The lowest BCUT2D eigenvalue weighted by atomic mass is 9.83. The van der Waals surface area contributed by atoms with Crippen molar-refractivity contribution in [1.82, 2.24) is 0 Å². The second-order valence-corrected chi connectivity index (χ2v) is 5.67. The first kappa shape index (κ1) is 15.5. The standard InChI is InChI=1S/C18H23NO2/c1-13(14-7-5-3-4-6-8-14)11-18(20)16-10-9-15(21-2)12-17(16)19/h3,5-8,12-13,16,19H,4,9-11H2,1-2H3. The summed E-state index contributed by atoms with van der Waals surface area (Å²) in [6.07, 6.45) is 15.0. The number of hydrogen-bond acceptors (Lipinski definition) is 3. The van der Waals surface area contributed by atoms with Gasteiger partial charge in [-0.2, -0.15) is 0 Å². The Kier molecular flexibility index (Phi) is 5.32. The first-order valence-electron chi connectivity index (χ1n) is 7.50. The maximum absolute atomic E-state index is 12.5. The van der Waals surface area contributed by atoms with E-state index in [1.807, 2.05) is 6.08 Å². The monoisotopic (exact) mass is 285 g/mol. The minimum absolute atomic E-state index is 0.168. The van der Waals surface area contributed by atoms with Crippen LogP contribution in [-0.2, 0) is 9.53 Å². The summed E-state index contributed by atoms with van der Waals surface area (Å²) in [6, 6.07) is 0. The number of ether oxygens (including phenoxy) is 1. The van der Waals surface area contributed by atoms with Crippen LogP contribution in [-0.4, -0.2) is 18.6 Å². The zero-order chi connectivity index (χ0) is 15.2. The van der Waals surface area contributed by atoms with Crippen molar-refractivity contribution in [3.63, 3.8) is 0 Å². The minimum atomic E-state index is -0.266. The van der Waals surface area contributed by atoms with Gasteiger partial charge in [0.15, 0.2) is 0 Å². The van der Waals surface area contributed by atoms with Crippen molar-refractivity contribution in [2.24, 2.45) is 11.8 Å². The molecule has 2 atom stereocenters. The lowest BCUT2D eigenvalue weighted by Gasteiger charge is -2.22. The van der Waals surface area contributed by atoms with Crippen molar-refractivity contribution in [3.05, 3.63) is 47.8 Å².